The third-order valence-electron chi connectivity index (χ3n) is 1.60. The first-order valence-electron chi connectivity index (χ1n) is 3.75. The molecule has 0 heterocycles. The van der Waals surface area contributed by atoms with Crippen molar-refractivity contribution in [1.82, 2.24) is 0 Å². The van der Waals surface area contributed by atoms with Crippen LogP contribution in [-0.2, 0) is 4.74 Å². The zero-order valence-corrected chi connectivity index (χ0v) is 6.79. The Kier molecular flexibility index (Phi) is 3.12. The van der Waals surface area contributed by atoms with Crippen molar-refractivity contribution < 1.29 is 4.74 Å². The minimum Gasteiger partial charge on any atom is -0.369 e. The van der Waals surface area contributed by atoms with E-state index in [1.165, 1.54) is 5.57 Å². The Bertz CT molecular complexity index is 189. The summed E-state index contributed by atoms with van der Waals surface area (Å²) in [6, 6.07) is 0. The molecule has 0 aromatic carbocycles. The lowest BCUT2D eigenvalue weighted by molar-refractivity contribution is 0.125. The van der Waals surface area contributed by atoms with E-state index in [0.717, 1.165) is 0 Å². The van der Waals surface area contributed by atoms with Crippen LogP contribution in [0.15, 0.2) is 36.5 Å². The van der Waals surface area contributed by atoms with Gasteiger partial charge in [-0.25, -0.2) is 0 Å². The molecular formula is C10H13O. The van der Waals surface area contributed by atoms with Crippen LogP contribution in [0.1, 0.15) is 6.92 Å². The first-order chi connectivity index (χ1) is 5.34. The molecule has 0 saturated heterocycles. The van der Waals surface area contributed by atoms with Crippen molar-refractivity contribution in [3.63, 3.8) is 0 Å². The van der Waals surface area contributed by atoms with Gasteiger partial charge in [-0.2, -0.15) is 0 Å². The lowest BCUT2D eigenvalue weighted by atomic mass is 10.0. The lowest BCUT2D eigenvalue weighted by Gasteiger charge is -2.17. The molecule has 1 rings (SSSR count). The second-order valence-corrected chi connectivity index (χ2v) is 2.53. The van der Waals surface area contributed by atoms with E-state index in [9.17, 15) is 0 Å². The Hall–Kier alpha value is -0.820. The quantitative estimate of drug-likeness (QED) is 0.559. The van der Waals surface area contributed by atoms with Crippen molar-refractivity contribution in [2.45, 2.75) is 13.0 Å². The van der Waals surface area contributed by atoms with Crippen LogP contribution in [0.5, 0.6) is 0 Å². The van der Waals surface area contributed by atoms with E-state index < -0.39 is 0 Å². The summed E-state index contributed by atoms with van der Waals surface area (Å²) in [7, 11) is 0. The van der Waals surface area contributed by atoms with Gasteiger partial charge in [0.1, 0.15) is 0 Å². The number of ether oxygens (including phenoxy) is 1. The monoisotopic (exact) mass is 149 g/mol. The van der Waals surface area contributed by atoms with Crippen LogP contribution in [-0.4, -0.2) is 12.7 Å². The highest BCUT2D eigenvalue weighted by molar-refractivity contribution is 5.27. The molecule has 1 atom stereocenters. The Morgan fingerprint density at radius 3 is 3.09 bits per heavy atom. The normalized spacial score (nSPS) is 23.0. The van der Waals surface area contributed by atoms with Gasteiger partial charge in [-0.05, 0) is 12.5 Å². The molecule has 0 aliphatic heterocycles. The Labute approximate surface area is 68.1 Å². The zero-order chi connectivity index (χ0) is 8.10. The zero-order valence-electron chi connectivity index (χ0n) is 6.79. The molecule has 0 aromatic rings. The molecular weight excluding hydrogens is 136 g/mol. The van der Waals surface area contributed by atoms with E-state index in [1.807, 2.05) is 18.6 Å². The number of allylic oxidation sites excluding steroid dienone is 2. The summed E-state index contributed by atoms with van der Waals surface area (Å²) < 4.78 is 5.45. The Balaban J connectivity index is 2.40. The minimum atomic E-state index is 0.151. The van der Waals surface area contributed by atoms with Crippen LogP contribution in [0.2, 0.25) is 0 Å². The highest BCUT2D eigenvalue weighted by Crippen LogP contribution is 2.14. The minimum absolute atomic E-state index is 0.151. The van der Waals surface area contributed by atoms with Crippen LogP contribution in [0.25, 0.3) is 0 Å². The third-order valence-corrected chi connectivity index (χ3v) is 1.60. The summed E-state index contributed by atoms with van der Waals surface area (Å²) in [4.78, 5) is 0. The highest BCUT2D eigenvalue weighted by Gasteiger charge is 2.10. The van der Waals surface area contributed by atoms with E-state index in [1.54, 1.807) is 6.08 Å². The Morgan fingerprint density at radius 1 is 1.64 bits per heavy atom. The van der Waals surface area contributed by atoms with Crippen molar-refractivity contribution in [2.75, 3.05) is 6.61 Å². The summed E-state index contributed by atoms with van der Waals surface area (Å²) >= 11 is 0. The highest BCUT2D eigenvalue weighted by atomic mass is 16.5. The van der Waals surface area contributed by atoms with E-state index in [-0.39, 0.29) is 6.10 Å². The van der Waals surface area contributed by atoms with Crippen LogP contribution in [0.4, 0.5) is 0 Å². The van der Waals surface area contributed by atoms with Crippen molar-refractivity contribution in [3.05, 3.63) is 42.9 Å². The molecule has 0 amide bonds. The topological polar surface area (TPSA) is 9.23 Å². The first kappa shape index (κ1) is 8.28. The average Bonchev–Trinajstić information content (AvgIpc) is 2.03. The van der Waals surface area contributed by atoms with Gasteiger partial charge in [0.25, 0.3) is 0 Å². The summed E-state index contributed by atoms with van der Waals surface area (Å²) in [6.07, 6.45) is 10.0. The number of hydrogen-bond donors (Lipinski definition) is 0. The van der Waals surface area contributed by atoms with E-state index in [0.29, 0.717) is 6.61 Å². The van der Waals surface area contributed by atoms with Gasteiger partial charge in [0, 0.05) is 6.42 Å². The molecule has 1 aliphatic rings. The largest absolute Gasteiger partial charge is 0.369 e. The molecule has 11 heavy (non-hydrogen) atoms. The average molecular weight is 149 g/mol. The first-order valence-corrected chi connectivity index (χ1v) is 3.75. The molecule has 0 spiro atoms. The van der Waals surface area contributed by atoms with Crippen molar-refractivity contribution in [2.24, 2.45) is 0 Å². The van der Waals surface area contributed by atoms with Crippen LogP contribution >= 0.6 is 0 Å². The number of rotatable bonds is 3. The maximum Gasteiger partial charge on any atom is 0.0859 e. The predicted molar refractivity (Wildman–Crippen MR) is 47.1 cm³/mol. The van der Waals surface area contributed by atoms with Gasteiger partial charge < -0.3 is 4.74 Å². The standard InChI is InChI=1S/C10H13O/c1-3-8-11-10-7-5-4-6-9(10)2/h3-7,10H,1,8H2,2H3. The molecule has 0 N–H and O–H groups in total. The molecule has 1 unspecified atom stereocenters. The molecule has 1 heteroatoms. The van der Waals surface area contributed by atoms with Gasteiger partial charge in [0.2, 0.25) is 0 Å². The molecule has 1 radical (unpaired) electrons. The molecule has 59 valence electrons. The Morgan fingerprint density at radius 2 is 2.45 bits per heavy atom. The van der Waals surface area contributed by atoms with Gasteiger partial charge in [-0.3, -0.25) is 0 Å². The second kappa shape index (κ2) is 4.14. The fourth-order valence-electron chi connectivity index (χ4n) is 0.978. The maximum absolute atomic E-state index is 5.45. The fraction of sp³-hybridized carbons (Fsp3) is 0.300. The summed E-state index contributed by atoms with van der Waals surface area (Å²) in [5, 5.41) is 0. The van der Waals surface area contributed by atoms with Crippen LogP contribution in [0.3, 0.4) is 0 Å². The fourth-order valence-corrected chi connectivity index (χ4v) is 0.978. The van der Waals surface area contributed by atoms with Crippen molar-refractivity contribution >= 4 is 0 Å². The summed E-state index contributed by atoms with van der Waals surface area (Å²) in [6.45, 7) is 6.27. The molecule has 0 bridgehead atoms. The van der Waals surface area contributed by atoms with Crippen molar-refractivity contribution in [3.8, 4) is 0 Å². The number of hydrogen-bond acceptors (Lipinski definition) is 1. The summed E-state index contributed by atoms with van der Waals surface area (Å²) in [5.74, 6) is 0. The SMILES string of the molecule is C=CCOC1[CH]C=CC=C1C. The second-order valence-electron chi connectivity index (χ2n) is 2.53. The predicted octanol–water partition coefficient (Wildman–Crippen LogP) is 2.28. The van der Waals surface area contributed by atoms with Gasteiger partial charge >= 0.3 is 0 Å². The van der Waals surface area contributed by atoms with E-state index >= 15 is 0 Å². The third kappa shape index (κ3) is 2.35. The summed E-state index contributed by atoms with van der Waals surface area (Å²) in [5.41, 5.74) is 1.24. The molecule has 0 fully saturated rings. The van der Waals surface area contributed by atoms with Gasteiger partial charge in [0.15, 0.2) is 0 Å². The molecule has 0 aromatic heterocycles. The van der Waals surface area contributed by atoms with Gasteiger partial charge in [-0.15, -0.1) is 6.58 Å². The van der Waals surface area contributed by atoms with Crippen LogP contribution < -0.4 is 0 Å². The molecule has 1 nitrogen and oxygen atoms in total. The molecule has 1 aliphatic carbocycles. The van der Waals surface area contributed by atoms with Gasteiger partial charge in [0.05, 0.1) is 12.7 Å². The van der Waals surface area contributed by atoms with Crippen LogP contribution in [0, 0.1) is 6.42 Å². The van der Waals surface area contributed by atoms with E-state index in [2.05, 4.69) is 19.6 Å². The van der Waals surface area contributed by atoms with Crippen molar-refractivity contribution in [1.29, 1.82) is 0 Å². The smallest absolute Gasteiger partial charge is 0.0859 e. The van der Waals surface area contributed by atoms with E-state index in [4.69, 9.17) is 4.74 Å². The molecule has 0 saturated carbocycles. The lowest BCUT2D eigenvalue weighted by Crippen LogP contribution is -2.15. The van der Waals surface area contributed by atoms with Gasteiger partial charge in [-0.1, -0.05) is 24.3 Å². The maximum atomic E-state index is 5.45.